The molecule has 0 unspecified atom stereocenters. The molecule has 1 aliphatic rings. The molecule has 128 valence electrons. The van der Waals surface area contributed by atoms with E-state index in [4.69, 9.17) is 0 Å². The van der Waals surface area contributed by atoms with Gasteiger partial charge in [0, 0.05) is 44.7 Å². The lowest BCUT2D eigenvalue weighted by Gasteiger charge is -2.52. The van der Waals surface area contributed by atoms with Gasteiger partial charge >= 0.3 is 0 Å². The molecule has 4 nitrogen and oxygen atoms in total. The molecule has 0 radical (unpaired) electrons. The molecule has 1 fully saturated rings. The Labute approximate surface area is 141 Å². The molecule has 1 heterocycles. The summed E-state index contributed by atoms with van der Waals surface area (Å²) < 4.78 is 0. The summed E-state index contributed by atoms with van der Waals surface area (Å²) in [6.07, 6.45) is 1.96. The van der Waals surface area contributed by atoms with E-state index in [-0.39, 0.29) is 6.61 Å². The van der Waals surface area contributed by atoms with Gasteiger partial charge in [0.2, 0.25) is 0 Å². The smallest absolute Gasteiger partial charge is 0.0685 e. The van der Waals surface area contributed by atoms with Gasteiger partial charge in [-0.1, -0.05) is 30.8 Å². The number of aliphatic hydroxyl groups is 1. The van der Waals surface area contributed by atoms with Crippen LogP contribution in [0, 0.1) is 5.41 Å². The molecule has 2 rings (SSSR count). The zero-order valence-electron chi connectivity index (χ0n) is 14.8. The van der Waals surface area contributed by atoms with Crippen molar-refractivity contribution in [3.05, 3.63) is 48.2 Å². The van der Waals surface area contributed by atoms with E-state index < -0.39 is 0 Å². The van der Waals surface area contributed by atoms with Crippen LogP contribution in [0.15, 0.2) is 37.0 Å². The molecule has 1 aromatic rings. The van der Waals surface area contributed by atoms with Crippen molar-refractivity contribution >= 4 is 0 Å². The van der Waals surface area contributed by atoms with Gasteiger partial charge < -0.3 is 19.8 Å². The monoisotopic (exact) mass is 317 g/mol. The lowest BCUT2D eigenvalue weighted by Crippen LogP contribution is -2.62. The number of aliphatic hydroxyl groups excluding tert-OH is 1. The van der Waals surface area contributed by atoms with Gasteiger partial charge in [-0.3, -0.25) is 0 Å². The summed E-state index contributed by atoms with van der Waals surface area (Å²) in [5.41, 5.74) is 2.55. The zero-order valence-corrected chi connectivity index (χ0v) is 14.8. The Hall–Kier alpha value is -1.36. The molecule has 0 atom stereocenters. The first-order chi connectivity index (χ1) is 11.0. The van der Waals surface area contributed by atoms with Gasteiger partial charge in [0.05, 0.1) is 6.61 Å². The number of hydrogen-bond donors (Lipinski definition) is 1. The van der Waals surface area contributed by atoms with Crippen LogP contribution in [0.2, 0.25) is 0 Å². The molecule has 0 aromatic heterocycles. The Balaban J connectivity index is 2.01. The van der Waals surface area contributed by atoms with Gasteiger partial charge in [-0.05, 0) is 38.3 Å². The molecule has 23 heavy (non-hydrogen) atoms. The van der Waals surface area contributed by atoms with E-state index in [0.717, 1.165) is 44.8 Å². The molecule has 0 amide bonds. The average molecular weight is 317 g/mol. The zero-order chi connectivity index (χ0) is 16.9. The largest absolute Gasteiger partial charge is 0.392 e. The van der Waals surface area contributed by atoms with E-state index in [2.05, 4.69) is 48.4 Å². The predicted octanol–water partition coefficient (Wildman–Crippen LogP) is 2.01. The summed E-state index contributed by atoms with van der Waals surface area (Å²) in [5.74, 6) is 0. The Morgan fingerprint density at radius 3 is 2.43 bits per heavy atom. The highest BCUT2D eigenvalue weighted by Crippen LogP contribution is 2.31. The number of nitrogens with zero attached hydrogens (tertiary/aromatic N) is 3. The summed E-state index contributed by atoms with van der Waals surface area (Å²) >= 11 is 0. The molecule has 4 heteroatoms. The fourth-order valence-electron chi connectivity index (χ4n) is 3.87. The number of hydrogen-bond acceptors (Lipinski definition) is 4. The van der Waals surface area contributed by atoms with Crippen molar-refractivity contribution in [1.29, 1.82) is 0 Å². The number of rotatable bonds is 9. The first-order valence-electron chi connectivity index (χ1n) is 8.43. The van der Waals surface area contributed by atoms with Crippen molar-refractivity contribution in [3.63, 3.8) is 0 Å². The third-order valence-corrected chi connectivity index (χ3v) is 4.75. The molecular formula is C19H31N3O. The maximum atomic E-state index is 9.50. The van der Waals surface area contributed by atoms with Gasteiger partial charge in [-0.2, -0.15) is 0 Å². The maximum absolute atomic E-state index is 9.50. The van der Waals surface area contributed by atoms with Crippen molar-refractivity contribution in [1.82, 2.24) is 14.7 Å². The highest BCUT2D eigenvalue weighted by molar-refractivity contribution is 5.26. The minimum atomic E-state index is 0.109. The van der Waals surface area contributed by atoms with Crippen LogP contribution in [0.5, 0.6) is 0 Å². The second-order valence-electron chi connectivity index (χ2n) is 7.02. The molecule has 0 bridgehead atoms. The van der Waals surface area contributed by atoms with Gasteiger partial charge in [0.25, 0.3) is 0 Å². The van der Waals surface area contributed by atoms with E-state index in [9.17, 15) is 5.11 Å². The minimum absolute atomic E-state index is 0.109. The van der Waals surface area contributed by atoms with E-state index in [1.807, 2.05) is 24.4 Å². The van der Waals surface area contributed by atoms with E-state index in [1.54, 1.807) is 0 Å². The van der Waals surface area contributed by atoms with Crippen LogP contribution < -0.4 is 0 Å². The van der Waals surface area contributed by atoms with E-state index >= 15 is 0 Å². The average Bonchev–Trinajstić information content (AvgIpc) is 2.51. The summed E-state index contributed by atoms with van der Waals surface area (Å²) in [6.45, 7) is 12.5. The second kappa shape index (κ2) is 7.95. The summed E-state index contributed by atoms with van der Waals surface area (Å²) in [4.78, 5) is 7.08. The van der Waals surface area contributed by atoms with Crippen molar-refractivity contribution in [2.45, 2.75) is 20.1 Å². The van der Waals surface area contributed by atoms with Crippen molar-refractivity contribution < 1.29 is 5.11 Å². The first-order valence-corrected chi connectivity index (χ1v) is 8.43. The maximum Gasteiger partial charge on any atom is 0.0685 e. The van der Waals surface area contributed by atoms with Gasteiger partial charge in [-0.15, -0.1) is 0 Å². The second-order valence-corrected chi connectivity index (χ2v) is 7.02. The van der Waals surface area contributed by atoms with Crippen LogP contribution in [0.1, 0.15) is 18.1 Å². The molecule has 0 aliphatic carbocycles. The molecule has 0 saturated carbocycles. The lowest BCUT2D eigenvalue weighted by atomic mass is 9.79. The Morgan fingerprint density at radius 1 is 1.26 bits per heavy atom. The SMILES string of the molecule is C=CN(CC)CC1(CN(C)Cc2ccccc2CO)CN(C)C1. The highest BCUT2D eigenvalue weighted by Gasteiger charge is 2.42. The quantitative estimate of drug-likeness (QED) is 0.755. The van der Waals surface area contributed by atoms with Gasteiger partial charge in [0.15, 0.2) is 0 Å². The highest BCUT2D eigenvalue weighted by atomic mass is 16.3. The first kappa shape index (κ1) is 18.0. The van der Waals surface area contributed by atoms with Crippen LogP contribution in [-0.2, 0) is 13.2 Å². The molecular weight excluding hydrogens is 286 g/mol. The Bertz CT molecular complexity index is 511. The van der Waals surface area contributed by atoms with Crippen molar-refractivity contribution in [2.75, 3.05) is 46.8 Å². The summed E-state index contributed by atoms with van der Waals surface area (Å²) in [5, 5.41) is 9.50. The van der Waals surface area contributed by atoms with Gasteiger partial charge in [0.1, 0.15) is 0 Å². The Morgan fingerprint density at radius 2 is 1.91 bits per heavy atom. The molecule has 1 saturated heterocycles. The topological polar surface area (TPSA) is 30.0 Å². The number of benzene rings is 1. The minimum Gasteiger partial charge on any atom is -0.392 e. The van der Waals surface area contributed by atoms with Crippen LogP contribution in [0.4, 0.5) is 0 Å². The lowest BCUT2D eigenvalue weighted by molar-refractivity contribution is -0.0225. The van der Waals surface area contributed by atoms with Crippen molar-refractivity contribution in [2.24, 2.45) is 5.41 Å². The molecule has 1 aromatic carbocycles. The molecule has 1 aliphatic heterocycles. The van der Waals surface area contributed by atoms with Crippen LogP contribution in [0.25, 0.3) is 0 Å². The molecule has 0 spiro atoms. The van der Waals surface area contributed by atoms with Crippen LogP contribution >= 0.6 is 0 Å². The third-order valence-electron chi connectivity index (χ3n) is 4.75. The predicted molar refractivity (Wildman–Crippen MR) is 96.1 cm³/mol. The fraction of sp³-hybridized carbons (Fsp3) is 0.579. The van der Waals surface area contributed by atoms with E-state index in [1.165, 1.54) is 5.56 Å². The fourth-order valence-corrected chi connectivity index (χ4v) is 3.87. The number of likely N-dealkylation sites (tertiary alicyclic amines) is 1. The summed E-state index contributed by atoms with van der Waals surface area (Å²) in [7, 11) is 4.36. The normalized spacial score (nSPS) is 17.1. The summed E-state index contributed by atoms with van der Waals surface area (Å²) in [6, 6.07) is 8.16. The standard InChI is InChI=1S/C19H31N3O/c1-5-22(6-2)16-19(14-21(4)15-19)13-20(3)11-17-9-7-8-10-18(17)12-23/h5,7-10,23H,1,6,11-16H2,2-4H3. The van der Waals surface area contributed by atoms with Crippen molar-refractivity contribution in [3.8, 4) is 0 Å². The molecule has 1 N–H and O–H groups in total. The third kappa shape index (κ3) is 4.56. The van der Waals surface area contributed by atoms with Crippen LogP contribution in [0.3, 0.4) is 0 Å². The van der Waals surface area contributed by atoms with E-state index in [0.29, 0.717) is 5.41 Å². The van der Waals surface area contributed by atoms with Gasteiger partial charge in [-0.25, -0.2) is 0 Å². The Kier molecular flexibility index (Phi) is 6.22. The van der Waals surface area contributed by atoms with Crippen LogP contribution in [-0.4, -0.2) is 66.6 Å².